The van der Waals surface area contributed by atoms with Crippen molar-refractivity contribution in [3.05, 3.63) is 27.8 Å². The average molecular weight is 311 g/mol. The highest BCUT2D eigenvalue weighted by Crippen LogP contribution is 2.20. The third-order valence-corrected chi connectivity index (χ3v) is 4.15. The summed E-state index contributed by atoms with van der Waals surface area (Å²) in [6.45, 7) is 6.26. The van der Waals surface area contributed by atoms with Crippen molar-refractivity contribution in [1.29, 1.82) is 0 Å². The smallest absolute Gasteiger partial charge is 0.327 e. The van der Waals surface area contributed by atoms with E-state index in [9.17, 15) is 4.79 Å². The van der Waals surface area contributed by atoms with E-state index in [1.54, 1.807) is 16.8 Å². The predicted molar refractivity (Wildman–Crippen MR) is 82.0 cm³/mol. The van der Waals surface area contributed by atoms with Crippen LogP contribution in [0.4, 0.5) is 0 Å². The molecule has 21 heavy (non-hydrogen) atoms. The van der Waals surface area contributed by atoms with Crippen molar-refractivity contribution < 1.29 is 4.74 Å². The van der Waals surface area contributed by atoms with Gasteiger partial charge < -0.3 is 4.74 Å². The second-order valence-corrected chi connectivity index (χ2v) is 5.73. The molecule has 0 amide bonds. The molecule has 0 bridgehead atoms. The first-order valence-electron chi connectivity index (χ1n) is 7.25. The Hall–Kier alpha value is -1.37. The number of H-pyrrole nitrogens is 1. The van der Waals surface area contributed by atoms with Crippen LogP contribution >= 0.6 is 11.6 Å². The molecule has 1 atom stereocenters. The van der Waals surface area contributed by atoms with Crippen molar-refractivity contribution in [1.82, 2.24) is 19.4 Å². The van der Waals surface area contributed by atoms with Gasteiger partial charge in [-0.3, -0.25) is 14.5 Å². The number of aromatic amines is 1. The van der Waals surface area contributed by atoms with Crippen molar-refractivity contribution in [2.24, 2.45) is 0 Å². The number of hydrogen-bond donors (Lipinski definition) is 1. The molecule has 0 spiro atoms. The van der Waals surface area contributed by atoms with Crippen molar-refractivity contribution in [2.45, 2.75) is 19.4 Å². The number of fused-ring (bicyclic) bond motifs is 1. The minimum atomic E-state index is -0.125. The summed E-state index contributed by atoms with van der Waals surface area (Å²) in [6.07, 6.45) is 2.42. The number of pyridine rings is 1. The van der Waals surface area contributed by atoms with E-state index in [0.717, 1.165) is 44.8 Å². The molecule has 6 nitrogen and oxygen atoms in total. The molecule has 3 heterocycles. The first-order chi connectivity index (χ1) is 10.2. The van der Waals surface area contributed by atoms with Gasteiger partial charge in [0, 0.05) is 25.8 Å². The molecule has 1 saturated heterocycles. The average Bonchev–Trinajstić information content (AvgIpc) is 2.81. The Balaban J connectivity index is 1.94. The minimum absolute atomic E-state index is 0.101. The predicted octanol–water partition coefficient (Wildman–Crippen LogP) is 1.66. The van der Waals surface area contributed by atoms with Crippen LogP contribution in [0.25, 0.3) is 11.2 Å². The van der Waals surface area contributed by atoms with Gasteiger partial charge in [-0.2, -0.15) is 0 Å². The topological polar surface area (TPSA) is 63.1 Å². The Bertz CT molecular complexity index is 675. The van der Waals surface area contributed by atoms with Crippen molar-refractivity contribution in [3.63, 3.8) is 0 Å². The molecule has 0 unspecified atom stereocenters. The molecule has 0 radical (unpaired) electrons. The highest BCUT2D eigenvalue weighted by molar-refractivity contribution is 6.31. The van der Waals surface area contributed by atoms with Crippen LogP contribution in [0.2, 0.25) is 5.02 Å². The van der Waals surface area contributed by atoms with E-state index in [1.165, 1.54) is 0 Å². The molecule has 1 aliphatic heterocycles. The lowest BCUT2D eigenvalue weighted by atomic mass is 10.2. The molecule has 1 N–H and O–H groups in total. The van der Waals surface area contributed by atoms with Gasteiger partial charge in [0.05, 0.1) is 29.8 Å². The number of rotatable bonds is 4. The monoisotopic (exact) mass is 310 g/mol. The Labute approximate surface area is 127 Å². The maximum Gasteiger partial charge on any atom is 0.327 e. The number of morpholine rings is 1. The molecule has 0 saturated carbocycles. The second kappa shape index (κ2) is 6.17. The van der Waals surface area contributed by atoms with Crippen LogP contribution in [0.15, 0.2) is 17.1 Å². The van der Waals surface area contributed by atoms with Gasteiger partial charge in [-0.05, 0) is 12.5 Å². The normalized spacial score (nSPS) is 18.2. The number of aromatic nitrogens is 3. The fourth-order valence-electron chi connectivity index (χ4n) is 2.82. The van der Waals surface area contributed by atoms with Crippen LogP contribution in [0, 0.1) is 0 Å². The maximum atomic E-state index is 12.3. The van der Waals surface area contributed by atoms with Crippen molar-refractivity contribution in [2.75, 3.05) is 32.8 Å². The third-order valence-electron chi connectivity index (χ3n) is 3.95. The number of hydrogen-bond acceptors (Lipinski definition) is 4. The molecule has 2 aromatic rings. The molecule has 7 heteroatoms. The second-order valence-electron chi connectivity index (χ2n) is 5.30. The quantitative estimate of drug-likeness (QED) is 0.933. The molecule has 3 rings (SSSR count). The van der Waals surface area contributed by atoms with Crippen LogP contribution in [-0.2, 0) is 4.74 Å². The molecule has 1 fully saturated rings. The summed E-state index contributed by atoms with van der Waals surface area (Å²) in [5.74, 6) is 0. The van der Waals surface area contributed by atoms with E-state index in [-0.39, 0.29) is 11.7 Å². The molecule has 0 aliphatic carbocycles. The van der Waals surface area contributed by atoms with Crippen LogP contribution < -0.4 is 5.69 Å². The largest absolute Gasteiger partial charge is 0.379 e. The SMILES string of the molecule is CC[C@@H](CN1CCOCC1)n1c(=O)[nH]c2ncc(Cl)cc21. The fraction of sp³-hybridized carbons (Fsp3) is 0.571. The number of nitrogens with one attached hydrogen (secondary N) is 1. The van der Waals surface area contributed by atoms with Gasteiger partial charge in [-0.15, -0.1) is 0 Å². The Morgan fingerprint density at radius 1 is 1.48 bits per heavy atom. The minimum Gasteiger partial charge on any atom is -0.379 e. The van der Waals surface area contributed by atoms with Crippen LogP contribution in [-0.4, -0.2) is 52.3 Å². The van der Waals surface area contributed by atoms with Gasteiger partial charge in [-0.25, -0.2) is 9.78 Å². The van der Waals surface area contributed by atoms with E-state index in [1.807, 2.05) is 0 Å². The zero-order valence-corrected chi connectivity index (χ0v) is 12.8. The molecular formula is C14H19ClN4O2. The highest BCUT2D eigenvalue weighted by Gasteiger charge is 2.20. The van der Waals surface area contributed by atoms with Gasteiger partial charge in [0.15, 0.2) is 5.65 Å². The van der Waals surface area contributed by atoms with Crippen LogP contribution in [0.5, 0.6) is 0 Å². The zero-order chi connectivity index (χ0) is 14.8. The van der Waals surface area contributed by atoms with Crippen LogP contribution in [0.1, 0.15) is 19.4 Å². The van der Waals surface area contributed by atoms with Gasteiger partial charge in [0.25, 0.3) is 0 Å². The fourth-order valence-corrected chi connectivity index (χ4v) is 2.97. The highest BCUT2D eigenvalue weighted by atomic mass is 35.5. The lowest BCUT2D eigenvalue weighted by Gasteiger charge is -2.30. The van der Waals surface area contributed by atoms with Crippen molar-refractivity contribution >= 4 is 22.8 Å². The molecule has 2 aromatic heterocycles. The summed E-state index contributed by atoms with van der Waals surface area (Å²) < 4.78 is 7.15. The standard InChI is InChI=1S/C14H19ClN4O2/c1-2-11(9-18-3-5-21-6-4-18)19-12-7-10(15)8-16-13(12)17-14(19)20/h7-8,11H,2-6,9H2,1H3,(H,16,17,20)/t11-/m0/s1. The van der Waals surface area contributed by atoms with E-state index < -0.39 is 0 Å². The summed E-state index contributed by atoms with van der Waals surface area (Å²) in [4.78, 5) is 21.6. The summed E-state index contributed by atoms with van der Waals surface area (Å²) in [7, 11) is 0. The van der Waals surface area contributed by atoms with E-state index in [0.29, 0.717) is 10.7 Å². The Morgan fingerprint density at radius 3 is 2.95 bits per heavy atom. The van der Waals surface area contributed by atoms with E-state index in [2.05, 4.69) is 21.8 Å². The maximum absolute atomic E-state index is 12.3. The molecule has 114 valence electrons. The van der Waals surface area contributed by atoms with Gasteiger partial charge >= 0.3 is 5.69 Å². The third kappa shape index (κ3) is 2.97. The lowest BCUT2D eigenvalue weighted by Crippen LogP contribution is -2.41. The van der Waals surface area contributed by atoms with Gasteiger partial charge in [-0.1, -0.05) is 18.5 Å². The summed E-state index contributed by atoms with van der Waals surface area (Å²) in [6, 6.07) is 1.90. The van der Waals surface area contributed by atoms with Gasteiger partial charge in [0.1, 0.15) is 0 Å². The molecule has 0 aromatic carbocycles. The lowest BCUT2D eigenvalue weighted by molar-refractivity contribution is 0.0313. The van der Waals surface area contributed by atoms with Crippen LogP contribution in [0.3, 0.4) is 0 Å². The summed E-state index contributed by atoms with van der Waals surface area (Å²) in [5.41, 5.74) is 1.23. The summed E-state index contributed by atoms with van der Waals surface area (Å²) in [5, 5.41) is 0.538. The number of halogens is 1. The number of nitrogens with zero attached hydrogens (tertiary/aromatic N) is 3. The molecule has 1 aliphatic rings. The molecular weight excluding hydrogens is 292 g/mol. The number of imidazole rings is 1. The van der Waals surface area contributed by atoms with E-state index >= 15 is 0 Å². The van der Waals surface area contributed by atoms with Crippen molar-refractivity contribution in [3.8, 4) is 0 Å². The Morgan fingerprint density at radius 2 is 2.24 bits per heavy atom. The van der Waals surface area contributed by atoms with E-state index in [4.69, 9.17) is 16.3 Å². The van der Waals surface area contributed by atoms with Gasteiger partial charge in [0.2, 0.25) is 0 Å². The summed E-state index contributed by atoms with van der Waals surface area (Å²) >= 11 is 6.02. The Kier molecular flexibility index (Phi) is 4.28. The first-order valence-corrected chi connectivity index (χ1v) is 7.62. The number of ether oxygens (including phenoxy) is 1. The zero-order valence-electron chi connectivity index (χ0n) is 12.0. The first kappa shape index (κ1) is 14.6.